The highest BCUT2D eigenvalue weighted by Gasteiger charge is 2.39. The molecule has 100 valence electrons. The van der Waals surface area contributed by atoms with Crippen LogP contribution in [-0.2, 0) is 4.79 Å². The van der Waals surface area contributed by atoms with Crippen LogP contribution < -0.4 is 5.32 Å². The Hall–Kier alpha value is -2.31. The lowest BCUT2D eigenvalue weighted by Crippen LogP contribution is -2.30. The molecular weight excluding hydrogens is 259 g/mol. The van der Waals surface area contributed by atoms with E-state index in [4.69, 9.17) is 0 Å². The summed E-state index contributed by atoms with van der Waals surface area (Å²) in [7, 11) is 0. The molecule has 7 heteroatoms. The maximum Gasteiger partial charge on any atom is 0.471 e. The maximum absolute atomic E-state index is 12.1. The van der Waals surface area contributed by atoms with Crippen LogP contribution in [0.4, 0.5) is 19.0 Å². The van der Waals surface area contributed by atoms with Crippen molar-refractivity contribution >= 4 is 11.7 Å². The van der Waals surface area contributed by atoms with E-state index in [0.29, 0.717) is 11.3 Å². The number of carbonyl (C=O) groups excluding carboxylic acids is 1. The molecule has 19 heavy (non-hydrogen) atoms. The molecule has 0 atom stereocenters. The van der Waals surface area contributed by atoms with Crippen LogP contribution in [0.25, 0.3) is 5.69 Å². The second kappa shape index (κ2) is 4.75. The van der Waals surface area contributed by atoms with Crippen LogP contribution in [0.5, 0.6) is 0 Å². The first kappa shape index (κ1) is 13.1. The van der Waals surface area contributed by atoms with Crippen LogP contribution in [0.3, 0.4) is 0 Å². The Bertz CT molecular complexity index is 590. The van der Waals surface area contributed by atoms with Crippen molar-refractivity contribution in [2.45, 2.75) is 13.1 Å². The van der Waals surface area contributed by atoms with Crippen LogP contribution >= 0.6 is 0 Å². The third-order valence-corrected chi connectivity index (χ3v) is 2.41. The number of hydrogen-bond acceptors (Lipinski definition) is 2. The second-order valence-corrected chi connectivity index (χ2v) is 3.89. The Labute approximate surface area is 106 Å². The Morgan fingerprint density at radius 1 is 1.26 bits per heavy atom. The molecule has 1 aromatic heterocycles. The second-order valence-electron chi connectivity index (χ2n) is 3.89. The fraction of sp³-hybridized carbons (Fsp3) is 0.167. The van der Waals surface area contributed by atoms with Gasteiger partial charge in [-0.15, -0.1) is 5.10 Å². The van der Waals surface area contributed by atoms with Gasteiger partial charge < -0.3 is 5.32 Å². The fourth-order valence-electron chi connectivity index (χ4n) is 1.48. The van der Waals surface area contributed by atoms with E-state index in [1.807, 2.05) is 6.07 Å². The summed E-state index contributed by atoms with van der Waals surface area (Å²) in [6, 6.07) is 8.87. The molecule has 0 bridgehead atoms. The zero-order valence-electron chi connectivity index (χ0n) is 9.90. The minimum atomic E-state index is -4.93. The van der Waals surface area contributed by atoms with Gasteiger partial charge >= 0.3 is 12.1 Å². The van der Waals surface area contributed by atoms with E-state index >= 15 is 0 Å². The number of aromatic nitrogens is 2. The average Bonchev–Trinajstić information content (AvgIpc) is 2.71. The summed E-state index contributed by atoms with van der Waals surface area (Å²) in [5.74, 6) is -2.14. The number of anilines is 1. The third kappa shape index (κ3) is 2.93. The summed E-state index contributed by atoms with van der Waals surface area (Å²) in [5.41, 5.74) is 1.14. The van der Waals surface area contributed by atoms with Gasteiger partial charge in [-0.25, -0.2) is 4.68 Å². The highest BCUT2D eigenvalue weighted by atomic mass is 19.4. The number of hydrogen-bond donors (Lipinski definition) is 1. The number of benzene rings is 1. The van der Waals surface area contributed by atoms with Crippen LogP contribution in [-0.4, -0.2) is 21.9 Å². The van der Waals surface area contributed by atoms with Crippen molar-refractivity contribution in [3.05, 3.63) is 42.1 Å². The smallest absolute Gasteiger partial charge is 0.301 e. The predicted octanol–water partition coefficient (Wildman–Crippen LogP) is 2.68. The zero-order chi connectivity index (χ0) is 14.0. The maximum atomic E-state index is 12.1. The highest BCUT2D eigenvalue weighted by Crippen LogP contribution is 2.20. The Morgan fingerprint density at radius 3 is 2.47 bits per heavy atom. The standard InChI is InChI=1S/C12H10F3N3O/c1-8-7-18(9-5-3-2-4-6-9)17-10(8)16-11(19)12(13,14)15/h2-7H,1H3,(H,16,17,19). The lowest BCUT2D eigenvalue weighted by Gasteiger charge is -2.05. The molecule has 2 aromatic rings. The molecule has 0 aliphatic carbocycles. The minimum Gasteiger partial charge on any atom is -0.301 e. The van der Waals surface area contributed by atoms with Crippen molar-refractivity contribution in [3.63, 3.8) is 0 Å². The van der Waals surface area contributed by atoms with Gasteiger partial charge in [0.05, 0.1) is 5.69 Å². The number of amides is 1. The van der Waals surface area contributed by atoms with Crippen molar-refractivity contribution in [3.8, 4) is 5.69 Å². The summed E-state index contributed by atoms with van der Waals surface area (Å²) in [4.78, 5) is 10.8. The van der Waals surface area contributed by atoms with Crippen molar-refractivity contribution in [2.75, 3.05) is 5.32 Å². The predicted molar refractivity (Wildman–Crippen MR) is 63.0 cm³/mol. The quantitative estimate of drug-likeness (QED) is 0.911. The molecule has 1 amide bonds. The van der Waals surface area contributed by atoms with Crippen molar-refractivity contribution in [1.82, 2.24) is 9.78 Å². The lowest BCUT2D eigenvalue weighted by molar-refractivity contribution is -0.167. The van der Waals surface area contributed by atoms with Gasteiger partial charge in [0.2, 0.25) is 0 Å². The first-order chi connectivity index (χ1) is 8.88. The van der Waals surface area contributed by atoms with Crippen molar-refractivity contribution in [1.29, 1.82) is 0 Å². The van der Waals surface area contributed by atoms with Gasteiger partial charge in [0.1, 0.15) is 0 Å². The molecule has 4 nitrogen and oxygen atoms in total. The molecule has 1 aromatic carbocycles. The van der Waals surface area contributed by atoms with Gasteiger partial charge in [0.15, 0.2) is 5.82 Å². The highest BCUT2D eigenvalue weighted by molar-refractivity contribution is 5.94. The Kier molecular flexibility index (Phi) is 3.28. The average molecular weight is 269 g/mol. The first-order valence-corrected chi connectivity index (χ1v) is 5.38. The number of nitrogens with one attached hydrogen (secondary N) is 1. The largest absolute Gasteiger partial charge is 0.471 e. The summed E-state index contributed by atoms with van der Waals surface area (Å²) in [6.45, 7) is 1.57. The van der Waals surface area contributed by atoms with Gasteiger partial charge in [0.25, 0.3) is 0 Å². The van der Waals surface area contributed by atoms with Gasteiger partial charge in [0, 0.05) is 11.8 Å². The lowest BCUT2D eigenvalue weighted by atomic mass is 10.3. The summed E-state index contributed by atoms with van der Waals surface area (Å²) >= 11 is 0. The Balaban J connectivity index is 2.25. The van der Waals surface area contributed by atoms with E-state index in [1.54, 1.807) is 42.7 Å². The van der Waals surface area contributed by atoms with E-state index in [9.17, 15) is 18.0 Å². The number of alkyl halides is 3. The molecule has 0 aliphatic heterocycles. The van der Waals surface area contributed by atoms with Crippen molar-refractivity contribution in [2.24, 2.45) is 0 Å². The van der Waals surface area contributed by atoms with E-state index < -0.39 is 12.1 Å². The number of carbonyl (C=O) groups is 1. The molecule has 2 rings (SSSR count). The van der Waals surface area contributed by atoms with Crippen LogP contribution in [0.15, 0.2) is 36.5 Å². The summed E-state index contributed by atoms with van der Waals surface area (Å²) in [6.07, 6.45) is -3.38. The van der Waals surface area contributed by atoms with Crippen molar-refractivity contribution < 1.29 is 18.0 Å². The van der Waals surface area contributed by atoms with E-state index in [0.717, 1.165) is 0 Å². The zero-order valence-corrected chi connectivity index (χ0v) is 9.90. The van der Waals surface area contributed by atoms with Crippen LogP contribution in [0, 0.1) is 6.92 Å². The molecule has 0 fully saturated rings. The SMILES string of the molecule is Cc1cn(-c2ccccc2)nc1NC(=O)C(F)(F)F. The van der Waals surface area contributed by atoms with Gasteiger partial charge in [-0.3, -0.25) is 4.79 Å². The van der Waals surface area contributed by atoms with Gasteiger partial charge in [-0.05, 0) is 19.1 Å². The molecule has 0 saturated heterocycles. The minimum absolute atomic E-state index is 0.105. The van der Waals surface area contributed by atoms with Gasteiger partial charge in [-0.2, -0.15) is 13.2 Å². The number of nitrogens with zero attached hydrogens (tertiary/aromatic N) is 2. The third-order valence-electron chi connectivity index (χ3n) is 2.41. The van der Waals surface area contributed by atoms with E-state index in [2.05, 4.69) is 5.10 Å². The number of aryl methyl sites for hydroxylation is 1. The normalized spacial score (nSPS) is 11.4. The van der Waals surface area contributed by atoms with Gasteiger partial charge in [-0.1, -0.05) is 18.2 Å². The molecule has 0 saturated carbocycles. The molecule has 0 aliphatic rings. The van der Waals surface area contributed by atoms with E-state index in [-0.39, 0.29) is 5.82 Å². The molecule has 0 unspecified atom stereocenters. The molecule has 0 spiro atoms. The molecule has 0 radical (unpaired) electrons. The Morgan fingerprint density at radius 2 is 1.89 bits per heavy atom. The van der Waals surface area contributed by atoms with Crippen LogP contribution in [0.1, 0.15) is 5.56 Å². The fourth-order valence-corrected chi connectivity index (χ4v) is 1.48. The number of halogens is 3. The van der Waals surface area contributed by atoms with Crippen LogP contribution in [0.2, 0.25) is 0 Å². The number of rotatable bonds is 2. The number of para-hydroxylation sites is 1. The topological polar surface area (TPSA) is 46.9 Å². The summed E-state index contributed by atoms with van der Waals surface area (Å²) in [5, 5.41) is 5.66. The first-order valence-electron chi connectivity index (χ1n) is 5.38. The molecule has 1 heterocycles. The molecular formula is C12H10F3N3O. The van der Waals surface area contributed by atoms with E-state index in [1.165, 1.54) is 4.68 Å². The molecule has 1 N–H and O–H groups in total. The monoisotopic (exact) mass is 269 g/mol. The summed E-state index contributed by atoms with van der Waals surface area (Å²) < 4.78 is 37.9.